The topological polar surface area (TPSA) is 79.3 Å². The van der Waals surface area contributed by atoms with Crippen LogP contribution in [0.3, 0.4) is 0 Å². The van der Waals surface area contributed by atoms with E-state index in [0.29, 0.717) is 11.5 Å². The fourth-order valence-electron chi connectivity index (χ4n) is 4.10. The lowest BCUT2D eigenvalue weighted by Crippen LogP contribution is -2.40. The highest BCUT2D eigenvalue weighted by atomic mass is 16.2. The number of benzene rings is 3. The first kappa shape index (κ1) is 27.6. The minimum atomic E-state index is -0.347. The van der Waals surface area contributed by atoms with Crippen LogP contribution in [0.2, 0.25) is 0 Å². The number of carbonyl (C=O) groups excluding carboxylic acids is 2. The molecule has 2 N–H and O–H groups in total. The molecule has 0 radical (unpaired) electrons. The van der Waals surface area contributed by atoms with Crippen LogP contribution in [0.1, 0.15) is 50.1 Å². The molecule has 0 aliphatic carbocycles. The highest BCUT2D eigenvalue weighted by Crippen LogP contribution is 2.26. The number of hydrogen-bond acceptors (Lipinski definition) is 3. The van der Waals surface area contributed by atoms with Gasteiger partial charge in [0, 0.05) is 23.7 Å². The van der Waals surface area contributed by atoms with Crippen LogP contribution in [0.15, 0.2) is 84.9 Å². The molecule has 7 heteroatoms. The van der Waals surface area contributed by atoms with Gasteiger partial charge in [0.25, 0.3) is 0 Å². The van der Waals surface area contributed by atoms with Crippen LogP contribution in [0, 0.1) is 6.92 Å². The lowest BCUT2D eigenvalue weighted by Gasteiger charge is -2.23. The molecule has 0 bridgehead atoms. The van der Waals surface area contributed by atoms with E-state index >= 15 is 0 Å². The summed E-state index contributed by atoms with van der Waals surface area (Å²) in [5, 5.41) is 10.7. The number of nitrogens with one attached hydrogen (secondary N) is 2. The minimum absolute atomic E-state index is 0.127. The molecule has 3 amide bonds. The van der Waals surface area contributed by atoms with E-state index in [1.165, 1.54) is 10.5 Å². The van der Waals surface area contributed by atoms with E-state index in [9.17, 15) is 9.59 Å². The zero-order valence-corrected chi connectivity index (χ0v) is 23.4. The molecular weight excluding hydrogens is 486 g/mol. The first-order valence-corrected chi connectivity index (χ1v) is 13.3. The van der Waals surface area contributed by atoms with Crippen molar-refractivity contribution in [3.05, 3.63) is 107 Å². The third-order valence-electron chi connectivity index (χ3n) is 6.48. The van der Waals surface area contributed by atoms with Crippen LogP contribution < -0.4 is 10.6 Å². The average molecular weight is 524 g/mol. The Morgan fingerprint density at radius 3 is 2.15 bits per heavy atom. The molecule has 0 saturated carbocycles. The Bertz CT molecular complexity index is 1400. The van der Waals surface area contributed by atoms with Gasteiger partial charge in [0.05, 0.1) is 11.4 Å². The Labute approximate surface area is 230 Å². The summed E-state index contributed by atoms with van der Waals surface area (Å²) in [5.41, 5.74) is 5.44. The SMILES string of the molecule is CCc1ccc(NC(=O)N(CC(=O)Nc2cc(C(C)(C)C)nn2-c2ccc(C)cc2)Cc2ccccc2)cc1. The second-order valence-electron chi connectivity index (χ2n) is 10.8. The summed E-state index contributed by atoms with van der Waals surface area (Å²) in [7, 11) is 0. The number of hydrogen-bond donors (Lipinski definition) is 2. The van der Waals surface area contributed by atoms with Gasteiger partial charge >= 0.3 is 6.03 Å². The van der Waals surface area contributed by atoms with E-state index in [-0.39, 0.29) is 30.4 Å². The maximum atomic E-state index is 13.4. The number of amides is 3. The predicted molar refractivity (Wildman–Crippen MR) is 157 cm³/mol. The molecule has 7 nitrogen and oxygen atoms in total. The molecular formula is C32H37N5O2. The van der Waals surface area contributed by atoms with E-state index in [2.05, 4.69) is 38.3 Å². The van der Waals surface area contributed by atoms with Crippen LogP contribution in [-0.2, 0) is 23.2 Å². The van der Waals surface area contributed by atoms with Gasteiger partial charge in [0.15, 0.2) is 0 Å². The van der Waals surface area contributed by atoms with E-state index < -0.39 is 0 Å². The van der Waals surface area contributed by atoms with Crippen molar-refractivity contribution in [2.45, 2.75) is 53.0 Å². The van der Waals surface area contributed by atoms with Gasteiger partial charge in [-0.15, -0.1) is 0 Å². The number of urea groups is 1. The molecule has 0 atom stereocenters. The lowest BCUT2D eigenvalue weighted by atomic mass is 9.92. The molecule has 1 aromatic heterocycles. The largest absolute Gasteiger partial charge is 0.322 e. The van der Waals surface area contributed by atoms with Gasteiger partial charge in [-0.1, -0.05) is 87.9 Å². The quantitative estimate of drug-likeness (QED) is 0.269. The Morgan fingerprint density at radius 2 is 1.54 bits per heavy atom. The van der Waals surface area contributed by atoms with Gasteiger partial charge in [-0.3, -0.25) is 4.79 Å². The maximum absolute atomic E-state index is 13.4. The van der Waals surface area contributed by atoms with Crippen molar-refractivity contribution in [1.29, 1.82) is 0 Å². The molecule has 0 saturated heterocycles. The highest BCUT2D eigenvalue weighted by Gasteiger charge is 2.23. The number of rotatable bonds is 8. The van der Waals surface area contributed by atoms with Crippen molar-refractivity contribution >= 4 is 23.4 Å². The van der Waals surface area contributed by atoms with Crippen molar-refractivity contribution in [1.82, 2.24) is 14.7 Å². The number of anilines is 2. The molecule has 4 rings (SSSR count). The highest BCUT2D eigenvalue weighted by molar-refractivity contribution is 5.96. The summed E-state index contributed by atoms with van der Waals surface area (Å²) in [6.45, 7) is 10.5. The van der Waals surface area contributed by atoms with Gasteiger partial charge in [0.2, 0.25) is 5.91 Å². The number of nitrogens with zero attached hydrogens (tertiary/aromatic N) is 3. The van der Waals surface area contributed by atoms with Crippen LogP contribution in [-0.4, -0.2) is 33.2 Å². The van der Waals surface area contributed by atoms with E-state index in [1.807, 2.05) is 91.9 Å². The number of carbonyl (C=O) groups is 2. The third kappa shape index (κ3) is 7.35. The standard InChI is InChI=1S/C32H37N5O2/c1-6-24-14-16-26(17-15-24)33-31(39)36(21-25-10-8-7-9-11-25)22-30(38)34-29-20-28(32(3,4)5)35-37(29)27-18-12-23(2)13-19-27/h7-20H,6,21-22H2,1-5H3,(H,33,39)(H,34,38). The summed E-state index contributed by atoms with van der Waals surface area (Å²) >= 11 is 0. The molecule has 0 spiro atoms. The Balaban J connectivity index is 1.56. The summed E-state index contributed by atoms with van der Waals surface area (Å²) in [4.78, 5) is 28.2. The van der Waals surface area contributed by atoms with Gasteiger partial charge in [-0.2, -0.15) is 5.10 Å². The Hall–Kier alpha value is -4.39. The summed E-state index contributed by atoms with van der Waals surface area (Å²) in [5.74, 6) is 0.250. The van der Waals surface area contributed by atoms with Gasteiger partial charge in [-0.25, -0.2) is 9.48 Å². The molecule has 0 unspecified atom stereocenters. The summed E-state index contributed by atoms with van der Waals surface area (Å²) in [6.07, 6.45) is 0.921. The molecule has 4 aromatic rings. The monoisotopic (exact) mass is 523 g/mol. The second kappa shape index (κ2) is 12.0. The Morgan fingerprint density at radius 1 is 0.872 bits per heavy atom. The van der Waals surface area contributed by atoms with Crippen molar-refractivity contribution in [3.63, 3.8) is 0 Å². The molecule has 0 aliphatic rings. The Kier molecular flexibility index (Phi) is 8.49. The van der Waals surface area contributed by atoms with Crippen LogP contribution in [0.25, 0.3) is 5.69 Å². The summed E-state index contributed by atoms with van der Waals surface area (Å²) < 4.78 is 1.74. The first-order chi connectivity index (χ1) is 18.6. The normalized spacial score (nSPS) is 11.2. The first-order valence-electron chi connectivity index (χ1n) is 13.3. The molecule has 39 heavy (non-hydrogen) atoms. The third-order valence-corrected chi connectivity index (χ3v) is 6.48. The van der Waals surface area contributed by atoms with Crippen molar-refractivity contribution < 1.29 is 9.59 Å². The molecule has 0 aliphatic heterocycles. The van der Waals surface area contributed by atoms with Crippen molar-refractivity contribution in [3.8, 4) is 5.69 Å². The lowest BCUT2D eigenvalue weighted by molar-refractivity contribution is -0.116. The molecule has 202 valence electrons. The fourth-order valence-corrected chi connectivity index (χ4v) is 4.10. The average Bonchev–Trinajstić information content (AvgIpc) is 3.34. The van der Waals surface area contributed by atoms with E-state index in [0.717, 1.165) is 28.9 Å². The van der Waals surface area contributed by atoms with Crippen LogP contribution >= 0.6 is 0 Å². The van der Waals surface area contributed by atoms with Gasteiger partial charge in [-0.05, 0) is 48.7 Å². The maximum Gasteiger partial charge on any atom is 0.322 e. The molecule has 3 aromatic carbocycles. The van der Waals surface area contributed by atoms with E-state index in [4.69, 9.17) is 5.10 Å². The van der Waals surface area contributed by atoms with Crippen LogP contribution in [0.5, 0.6) is 0 Å². The van der Waals surface area contributed by atoms with Crippen molar-refractivity contribution in [2.24, 2.45) is 0 Å². The number of aryl methyl sites for hydroxylation is 2. The minimum Gasteiger partial charge on any atom is -0.311 e. The fraction of sp³-hybridized carbons (Fsp3) is 0.281. The number of aromatic nitrogens is 2. The smallest absolute Gasteiger partial charge is 0.311 e. The van der Waals surface area contributed by atoms with Gasteiger partial charge in [0.1, 0.15) is 12.4 Å². The summed E-state index contributed by atoms with van der Waals surface area (Å²) in [6, 6.07) is 26.9. The molecule has 1 heterocycles. The van der Waals surface area contributed by atoms with E-state index in [1.54, 1.807) is 4.68 Å². The molecule has 0 fully saturated rings. The predicted octanol–water partition coefficient (Wildman–Crippen LogP) is 6.71. The second-order valence-corrected chi connectivity index (χ2v) is 10.8. The van der Waals surface area contributed by atoms with Crippen LogP contribution in [0.4, 0.5) is 16.3 Å². The zero-order valence-electron chi connectivity index (χ0n) is 23.4. The van der Waals surface area contributed by atoms with Crippen molar-refractivity contribution in [2.75, 3.05) is 17.2 Å². The zero-order chi connectivity index (χ0) is 28.0. The van der Waals surface area contributed by atoms with Gasteiger partial charge < -0.3 is 15.5 Å².